The maximum atomic E-state index is 13.0. The van der Waals surface area contributed by atoms with Crippen LogP contribution < -0.4 is 5.32 Å². The summed E-state index contributed by atoms with van der Waals surface area (Å²) < 4.78 is 15.0. The van der Waals surface area contributed by atoms with E-state index in [2.05, 4.69) is 10.3 Å². The highest BCUT2D eigenvalue weighted by Gasteiger charge is 2.50. The van der Waals surface area contributed by atoms with Crippen molar-refractivity contribution in [1.29, 1.82) is 0 Å². The van der Waals surface area contributed by atoms with Gasteiger partial charge in [-0.1, -0.05) is 19.1 Å². The number of hydrogen-bond acceptors (Lipinski definition) is 2. The third-order valence-electron chi connectivity index (χ3n) is 4.37. The molecule has 0 bridgehead atoms. The smallest absolute Gasteiger partial charge is 0.228 e. The van der Waals surface area contributed by atoms with Crippen molar-refractivity contribution in [2.45, 2.75) is 38.8 Å². The van der Waals surface area contributed by atoms with Crippen molar-refractivity contribution in [1.82, 2.24) is 14.9 Å². The van der Waals surface area contributed by atoms with Crippen LogP contribution in [-0.4, -0.2) is 15.5 Å². The van der Waals surface area contributed by atoms with E-state index in [4.69, 9.17) is 0 Å². The number of imidazole rings is 1. The Morgan fingerprint density at radius 1 is 1.41 bits per heavy atom. The molecule has 1 aromatic heterocycles. The number of carbonyl (C=O) groups excluding carboxylic acids is 1. The second-order valence-corrected chi connectivity index (χ2v) is 6.00. The average Bonchev–Trinajstić information content (AvgIpc) is 3.12. The van der Waals surface area contributed by atoms with Gasteiger partial charge in [0.15, 0.2) is 0 Å². The monoisotopic (exact) mass is 301 g/mol. The standard InChI is InChI=1S/C17H20FN3O/c1-2-15(13-3-5-14(18)6-4-13)20-16(22)17(7-8-17)11-21-10-9-19-12-21/h3-6,9-10,12,15H,2,7-8,11H2,1H3,(H,20,22)/t15-/m1/s1. The molecule has 0 spiro atoms. The van der Waals surface area contributed by atoms with Gasteiger partial charge in [0, 0.05) is 18.9 Å². The Kier molecular flexibility index (Phi) is 3.96. The Balaban J connectivity index is 1.68. The summed E-state index contributed by atoms with van der Waals surface area (Å²) in [5, 5.41) is 3.12. The van der Waals surface area contributed by atoms with E-state index in [0.717, 1.165) is 24.8 Å². The predicted octanol–water partition coefficient (Wildman–Crippen LogP) is 3.07. The van der Waals surface area contributed by atoms with E-state index in [1.54, 1.807) is 24.7 Å². The lowest BCUT2D eigenvalue weighted by atomic mass is 10.0. The maximum Gasteiger partial charge on any atom is 0.228 e. The molecule has 116 valence electrons. The van der Waals surface area contributed by atoms with Gasteiger partial charge in [-0.25, -0.2) is 9.37 Å². The normalized spacial score (nSPS) is 17.0. The number of carbonyl (C=O) groups is 1. The summed E-state index contributed by atoms with van der Waals surface area (Å²) in [6.07, 6.45) is 7.92. The molecule has 22 heavy (non-hydrogen) atoms. The number of aromatic nitrogens is 2. The van der Waals surface area contributed by atoms with Crippen LogP contribution in [0.3, 0.4) is 0 Å². The lowest BCUT2D eigenvalue weighted by molar-refractivity contribution is -0.127. The van der Waals surface area contributed by atoms with Gasteiger partial charge < -0.3 is 9.88 Å². The van der Waals surface area contributed by atoms with Crippen molar-refractivity contribution in [3.8, 4) is 0 Å². The van der Waals surface area contributed by atoms with Crippen molar-refractivity contribution < 1.29 is 9.18 Å². The Morgan fingerprint density at radius 2 is 2.14 bits per heavy atom. The molecule has 1 fully saturated rings. The zero-order chi connectivity index (χ0) is 15.6. The minimum absolute atomic E-state index is 0.0756. The largest absolute Gasteiger partial charge is 0.349 e. The molecule has 1 saturated carbocycles. The number of rotatable bonds is 6. The molecule has 1 heterocycles. The van der Waals surface area contributed by atoms with Crippen molar-refractivity contribution in [3.05, 3.63) is 54.4 Å². The van der Waals surface area contributed by atoms with Crippen molar-refractivity contribution in [3.63, 3.8) is 0 Å². The van der Waals surface area contributed by atoms with Gasteiger partial charge >= 0.3 is 0 Å². The fraction of sp³-hybridized carbons (Fsp3) is 0.412. The summed E-state index contributed by atoms with van der Waals surface area (Å²) >= 11 is 0. The fourth-order valence-corrected chi connectivity index (χ4v) is 2.77. The molecule has 0 aliphatic heterocycles. The highest BCUT2D eigenvalue weighted by atomic mass is 19.1. The third kappa shape index (κ3) is 3.03. The third-order valence-corrected chi connectivity index (χ3v) is 4.37. The van der Waals surface area contributed by atoms with Crippen molar-refractivity contribution in [2.75, 3.05) is 0 Å². The van der Waals surface area contributed by atoms with E-state index in [1.807, 2.05) is 17.7 Å². The summed E-state index contributed by atoms with van der Waals surface area (Å²) in [5.74, 6) is -0.180. The van der Waals surface area contributed by atoms with Crippen LogP contribution >= 0.6 is 0 Å². The molecule has 3 rings (SSSR count). The van der Waals surface area contributed by atoms with Crippen molar-refractivity contribution in [2.24, 2.45) is 5.41 Å². The second kappa shape index (κ2) is 5.91. The first-order valence-electron chi connectivity index (χ1n) is 7.65. The molecular weight excluding hydrogens is 281 g/mol. The van der Waals surface area contributed by atoms with Gasteiger partial charge in [-0.2, -0.15) is 0 Å². The fourth-order valence-electron chi connectivity index (χ4n) is 2.77. The molecule has 1 amide bonds. The van der Waals surface area contributed by atoms with E-state index in [-0.39, 0.29) is 23.2 Å². The Morgan fingerprint density at radius 3 is 2.68 bits per heavy atom. The first-order chi connectivity index (χ1) is 10.6. The number of nitrogens with zero attached hydrogens (tertiary/aromatic N) is 2. The molecule has 0 saturated heterocycles. The minimum atomic E-state index is -0.311. The first kappa shape index (κ1) is 14.8. The van der Waals surface area contributed by atoms with Crippen LogP contribution in [0.1, 0.15) is 37.8 Å². The first-order valence-corrected chi connectivity index (χ1v) is 7.65. The quantitative estimate of drug-likeness (QED) is 0.891. The number of halogens is 1. The van der Waals surface area contributed by atoms with E-state index < -0.39 is 0 Å². The number of benzene rings is 1. The van der Waals surface area contributed by atoms with Gasteiger partial charge in [-0.05, 0) is 37.0 Å². The lowest BCUT2D eigenvalue weighted by Gasteiger charge is -2.22. The summed E-state index contributed by atoms with van der Waals surface area (Å²) in [7, 11) is 0. The molecular formula is C17H20FN3O. The topological polar surface area (TPSA) is 46.9 Å². The van der Waals surface area contributed by atoms with Gasteiger partial charge in [0.05, 0.1) is 17.8 Å². The molecule has 2 aromatic rings. The van der Waals surface area contributed by atoms with Gasteiger partial charge in [0.1, 0.15) is 5.82 Å². The molecule has 1 aliphatic carbocycles. The molecule has 1 aromatic carbocycles. The molecule has 1 aliphatic rings. The van der Waals surface area contributed by atoms with Crippen LogP contribution in [0.5, 0.6) is 0 Å². The summed E-state index contributed by atoms with van der Waals surface area (Å²) in [6.45, 7) is 2.68. The molecule has 0 radical (unpaired) electrons. The zero-order valence-electron chi connectivity index (χ0n) is 12.6. The Bertz CT molecular complexity index is 632. The van der Waals surface area contributed by atoms with Gasteiger partial charge in [-0.3, -0.25) is 4.79 Å². The van der Waals surface area contributed by atoms with Gasteiger partial charge in [-0.15, -0.1) is 0 Å². The van der Waals surface area contributed by atoms with E-state index in [0.29, 0.717) is 6.54 Å². The van der Waals surface area contributed by atoms with E-state index in [9.17, 15) is 9.18 Å². The summed E-state index contributed by atoms with van der Waals surface area (Å²) in [4.78, 5) is 16.7. The predicted molar refractivity (Wildman–Crippen MR) is 81.5 cm³/mol. The SMILES string of the molecule is CC[C@@H](NC(=O)C1(Cn2ccnc2)CC1)c1ccc(F)cc1. The highest BCUT2D eigenvalue weighted by molar-refractivity contribution is 5.85. The second-order valence-electron chi connectivity index (χ2n) is 6.00. The number of nitrogens with one attached hydrogen (secondary N) is 1. The molecule has 5 heteroatoms. The Labute approximate surface area is 129 Å². The lowest BCUT2D eigenvalue weighted by Crippen LogP contribution is -2.37. The summed E-state index contributed by atoms with van der Waals surface area (Å²) in [6, 6.07) is 6.26. The van der Waals surface area contributed by atoms with Crippen LogP contribution in [0.15, 0.2) is 43.0 Å². The van der Waals surface area contributed by atoms with Crippen LogP contribution in [0.4, 0.5) is 4.39 Å². The maximum absolute atomic E-state index is 13.0. The van der Waals surface area contributed by atoms with Crippen LogP contribution in [0.25, 0.3) is 0 Å². The number of hydrogen-bond donors (Lipinski definition) is 1. The highest BCUT2D eigenvalue weighted by Crippen LogP contribution is 2.47. The average molecular weight is 301 g/mol. The molecule has 1 N–H and O–H groups in total. The van der Waals surface area contributed by atoms with E-state index >= 15 is 0 Å². The molecule has 1 atom stereocenters. The number of amides is 1. The van der Waals surface area contributed by atoms with Gasteiger partial charge in [0.25, 0.3) is 0 Å². The van der Waals surface area contributed by atoms with Crippen LogP contribution in [0, 0.1) is 11.2 Å². The van der Waals surface area contributed by atoms with Crippen LogP contribution in [0.2, 0.25) is 0 Å². The summed E-state index contributed by atoms with van der Waals surface area (Å²) in [5.41, 5.74) is 0.629. The molecule has 0 unspecified atom stereocenters. The van der Waals surface area contributed by atoms with Gasteiger partial charge in [0.2, 0.25) is 5.91 Å². The Hall–Kier alpha value is -2.17. The van der Waals surface area contributed by atoms with Crippen LogP contribution in [-0.2, 0) is 11.3 Å². The molecule has 4 nitrogen and oxygen atoms in total. The zero-order valence-corrected chi connectivity index (χ0v) is 12.6. The van der Waals surface area contributed by atoms with Crippen molar-refractivity contribution >= 4 is 5.91 Å². The van der Waals surface area contributed by atoms with E-state index in [1.165, 1.54) is 12.1 Å². The minimum Gasteiger partial charge on any atom is -0.349 e.